The minimum Gasteiger partial charge on any atom is -0.490 e. The number of rotatable bonds is 6. The lowest BCUT2D eigenvalue weighted by molar-refractivity contribution is -0.129. The lowest BCUT2D eigenvalue weighted by Crippen LogP contribution is -2.06. The highest BCUT2D eigenvalue weighted by Crippen LogP contribution is 2.30. The largest absolute Gasteiger partial charge is 0.490 e. The van der Waals surface area contributed by atoms with Crippen LogP contribution in [0.4, 0.5) is 0 Å². The van der Waals surface area contributed by atoms with E-state index in [9.17, 15) is 4.79 Å². The van der Waals surface area contributed by atoms with Gasteiger partial charge in [0.2, 0.25) is 5.90 Å². The van der Waals surface area contributed by atoms with Gasteiger partial charge in [-0.15, -0.1) is 11.3 Å². The Hall–Kier alpha value is -2.60. The average Bonchev–Trinajstić information content (AvgIpc) is 3.16. The standard InChI is InChI=1S/C19H19NO4S/c1-4-22-15-7-6-13(10-16(15)23-5-2)18-20-14(19(21)24-18)11-17-12(3)8-9-25-17/h6-11H,4-5H2,1-3H3. The zero-order chi connectivity index (χ0) is 17.8. The summed E-state index contributed by atoms with van der Waals surface area (Å²) in [6.07, 6.45) is 1.76. The molecule has 0 N–H and O–H groups in total. The summed E-state index contributed by atoms with van der Waals surface area (Å²) in [4.78, 5) is 17.5. The first-order valence-electron chi connectivity index (χ1n) is 8.09. The Balaban J connectivity index is 1.92. The Kier molecular flexibility index (Phi) is 5.19. The molecule has 2 heterocycles. The molecule has 2 aromatic rings. The third-order valence-electron chi connectivity index (χ3n) is 3.58. The summed E-state index contributed by atoms with van der Waals surface area (Å²) in [6.45, 7) is 6.87. The summed E-state index contributed by atoms with van der Waals surface area (Å²) in [5.41, 5.74) is 2.08. The fourth-order valence-electron chi connectivity index (χ4n) is 2.37. The fraction of sp³-hybridized carbons (Fsp3) is 0.263. The number of benzene rings is 1. The molecule has 1 aromatic carbocycles. The maximum Gasteiger partial charge on any atom is 0.363 e. The van der Waals surface area contributed by atoms with Gasteiger partial charge in [0.05, 0.1) is 13.2 Å². The molecule has 0 amide bonds. The van der Waals surface area contributed by atoms with Crippen molar-refractivity contribution in [3.05, 3.63) is 51.3 Å². The van der Waals surface area contributed by atoms with E-state index in [1.807, 2.05) is 32.2 Å². The molecule has 0 saturated heterocycles. The van der Waals surface area contributed by atoms with Crippen molar-refractivity contribution < 1.29 is 19.0 Å². The number of thiophene rings is 1. The number of hydrogen-bond donors (Lipinski definition) is 0. The molecule has 0 bridgehead atoms. The minimum absolute atomic E-state index is 0.273. The summed E-state index contributed by atoms with van der Waals surface area (Å²) >= 11 is 1.56. The van der Waals surface area contributed by atoms with Crippen molar-refractivity contribution in [3.8, 4) is 11.5 Å². The van der Waals surface area contributed by atoms with Crippen LogP contribution < -0.4 is 9.47 Å². The molecule has 0 fully saturated rings. The second-order valence-corrected chi connectivity index (χ2v) is 6.28. The zero-order valence-corrected chi connectivity index (χ0v) is 15.2. The number of aryl methyl sites for hydroxylation is 1. The molecule has 0 atom stereocenters. The van der Waals surface area contributed by atoms with E-state index in [2.05, 4.69) is 4.99 Å². The van der Waals surface area contributed by atoms with Gasteiger partial charge in [0, 0.05) is 10.4 Å². The van der Waals surface area contributed by atoms with Crippen LogP contribution in [0.2, 0.25) is 0 Å². The van der Waals surface area contributed by atoms with Gasteiger partial charge in [-0.25, -0.2) is 9.79 Å². The summed E-state index contributed by atoms with van der Waals surface area (Å²) in [7, 11) is 0. The molecule has 0 spiro atoms. The van der Waals surface area contributed by atoms with Crippen molar-refractivity contribution in [2.75, 3.05) is 13.2 Å². The summed E-state index contributed by atoms with van der Waals surface area (Å²) in [6, 6.07) is 7.38. The van der Waals surface area contributed by atoms with Gasteiger partial charge in [-0.3, -0.25) is 0 Å². The van der Waals surface area contributed by atoms with Crippen molar-refractivity contribution in [2.24, 2.45) is 4.99 Å². The van der Waals surface area contributed by atoms with E-state index in [-0.39, 0.29) is 5.90 Å². The van der Waals surface area contributed by atoms with Crippen molar-refractivity contribution in [1.82, 2.24) is 0 Å². The zero-order valence-electron chi connectivity index (χ0n) is 14.4. The van der Waals surface area contributed by atoms with Crippen LogP contribution >= 0.6 is 11.3 Å². The van der Waals surface area contributed by atoms with E-state index in [1.165, 1.54) is 0 Å². The predicted octanol–water partition coefficient (Wildman–Crippen LogP) is 4.20. The van der Waals surface area contributed by atoms with Gasteiger partial charge in [0.1, 0.15) is 0 Å². The van der Waals surface area contributed by atoms with Crippen molar-refractivity contribution in [3.63, 3.8) is 0 Å². The summed E-state index contributed by atoms with van der Waals surface area (Å²) < 4.78 is 16.5. The molecule has 3 rings (SSSR count). The second kappa shape index (κ2) is 7.53. The summed E-state index contributed by atoms with van der Waals surface area (Å²) in [5.74, 6) is 1.08. The monoisotopic (exact) mass is 357 g/mol. The molecule has 0 saturated carbocycles. The van der Waals surface area contributed by atoms with Crippen LogP contribution in [0.3, 0.4) is 0 Å². The number of cyclic esters (lactones) is 1. The molecule has 1 aliphatic rings. The molecule has 5 nitrogen and oxygen atoms in total. The third kappa shape index (κ3) is 3.74. The summed E-state index contributed by atoms with van der Waals surface area (Å²) in [5, 5.41) is 1.98. The number of esters is 1. The van der Waals surface area contributed by atoms with E-state index < -0.39 is 5.97 Å². The van der Waals surface area contributed by atoms with Crippen molar-refractivity contribution in [2.45, 2.75) is 20.8 Å². The molecule has 6 heteroatoms. The van der Waals surface area contributed by atoms with Crippen molar-refractivity contribution in [1.29, 1.82) is 0 Å². The number of carbonyl (C=O) groups excluding carboxylic acids is 1. The number of aliphatic imine (C=N–C) groups is 1. The van der Waals surface area contributed by atoms with Gasteiger partial charge in [0.15, 0.2) is 17.2 Å². The maximum atomic E-state index is 12.1. The maximum absolute atomic E-state index is 12.1. The van der Waals surface area contributed by atoms with E-state index in [4.69, 9.17) is 14.2 Å². The SMILES string of the molecule is CCOc1ccc(C2=NC(=Cc3sccc3C)C(=O)O2)cc1OCC. The molecule has 0 radical (unpaired) electrons. The lowest BCUT2D eigenvalue weighted by atomic mass is 10.2. The van der Waals surface area contributed by atoms with Crippen molar-refractivity contribution >= 4 is 29.3 Å². The highest BCUT2D eigenvalue weighted by atomic mass is 32.1. The molecule has 0 unspecified atom stereocenters. The van der Waals surface area contributed by atoms with Gasteiger partial charge in [-0.2, -0.15) is 0 Å². The van der Waals surface area contributed by atoms with Crippen LogP contribution in [0.5, 0.6) is 11.5 Å². The number of ether oxygens (including phenoxy) is 3. The Bertz CT molecular complexity index is 851. The number of hydrogen-bond acceptors (Lipinski definition) is 6. The lowest BCUT2D eigenvalue weighted by Gasteiger charge is -2.11. The van der Waals surface area contributed by atoms with E-state index in [1.54, 1.807) is 35.6 Å². The van der Waals surface area contributed by atoms with Gasteiger partial charge in [-0.1, -0.05) is 0 Å². The van der Waals surface area contributed by atoms with E-state index >= 15 is 0 Å². The molecule has 25 heavy (non-hydrogen) atoms. The highest BCUT2D eigenvalue weighted by molar-refractivity contribution is 7.11. The van der Waals surface area contributed by atoms with Crippen LogP contribution in [-0.2, 0) is 9.53 Å². The first-order valence-corrected chi connectivity index (χ1v) is 8.97. The first-order chi connectivity index (χ1) is 12.1. The fourth-order valence-corrected chi connectivity index (χ4v) is 3.23. The molecular formula is C19H19NO4S. The Labute approximate surface area is 150 Å². The normalized spacial score (nSPS) is 15.2. The quantitative estimate of drug-likeness (QED) is 0.574. The van der Waals surface area contributed by atoms with Crippen LogP contribution in [0.15, 0.2) is 40.3 Å². The Morgan fingerprint density at radius 1 is 1.16 bits per heavy atom. The number of nitrogens with zero attached hydrogens (tertiary/aromatic N) is 1. The van der Waals surface area contributed by atoms with Gasteiger partial charge < -0.3 is 14.2 Å². The van der Waals surface area contributed by atoms with Crippen LogP contribution in [-0.4, -0.2) is 25.1 Å². The first kappa shape index (κ1) is 17.2. The predicted molar refractivity (Wildman–Crippen MR) is 98.4 cm³/mol. The third-order valence-corrected chi connectivity index (χ3v) is 4.55. The molecule has 1 aromatic heterocycles. The Morgan fingerprint density at radius 2 is 1.92 bits per heavy atom. The van der Waals surface area contributed by atoms with E-state index in [0.717, 1.165) is 10.4 Å². The van der Waals surface area contributed by atoms with Crippen LogP contribution in [0.25, 0.3) is 6.08 Å². The smallest absolute Gasteiger partial charge is 0.363 e. The van der Waals surface area contributed by atoms with Crippen LogP contribution in [0.1, 0.15) is 29.9 Å². The average molecular weight is 357 g/mol. The van der Waals surface area contributed by atoms with Crippen LogP contribution in [0, 0.1) is 6.92 Å². The van der Waals surface area contributed by atoms with Gasteiger partial charge in [-0.05, 0) is 62.1 Å². The minimum atomic E-state index is -0.449. The topological polar surface area (TPSA) is 57.1 Å². The molecule has 130 valence electrons. The molecule has 1 aliphatic heterocycles. The molecular weight excluding hydrogens is 338 g/mol. The van der Waals surface area contributed by atoms with Gasteiger partial charge >= 0.3 is 5.97 Å². The Morgan fingerprint density at radius 3 is 2.60 bits per heavy atom. The second-order valence-electron chi connectivity index (χ2n) is 5.33. The van der Waals surface area contributed by atoms with Gasteiger partial charge in [0.25, 0.3) is 0 Å². The highest BCUT2D eigenvalue weighted by Gasteiger charge is 2.25. The van der Waals surface area contributed by atoms with E-state index in [0.29, 0.717) is 36.0 Å². The molecule has 0 aliphatic carbocycles. The number of carbonyl (C=O) groups is 1.